The maximum absolute atomic E-state index is 5.83. The average molecular weight is 363 g/mol. The lowest BCUT2D eigenvalue weighted by Gasteiger charge is -2.11. The smallest absolute Gasteiger partial charge is 0.0784 e. The van der Waals surface area contributed by atoms with Crippen molar-refractivity contribution in [2.24, 2.45) is 11.5 Å². The van der Waals surface area contributed by atoms with Crippen molar-refractivity contribution < 1.29 is 0 Å². The molecular formula is C25H21N3. The maximum atomic E-state index is 5.83. The molecule has 4 N–H and O–H groups in total. The number of nitrogens with zero attached hydrogens (tertiary/aromatic N) is 1. The summed E-state index contributed by atoms with van der Waals surface area (Å²) in [6.45, 7) is 0. The highest BCUT2D eigenvalue weighted by Gasteiger charge is 2.11. The molecule has 4 aromatic carbocycles. The lowest BCUT2D eigenvalue weighted by atomic mass is 10.0. The molecule has 1 aromatic heterocycles. The van der Waals surface area contributed by atoms with E-state index in [1.807, 2.05) is 12.1 Å². The van der Waals surface area contributed by atoms with E-state index < -0.39 is 6.17 Å². The van der Waals surface area contributed by atoms with Crippen molar-refractivity contribution in [2.75, 3.05) is 0 Å². The van der Waals surface area contributed by atoms with Gasteiger partial charge >= 0.3 is 0 Å². The Balaban J connectivity index is 1.64. The summed E-state index contributed by atoms with van der Waals surface area (Å²) in [7, 11) is 0. The van der Waals surface area contributed by atoms with Crippen molar-refractivity contribution in [2.45, 2.75) is 6.17 Å². The standard InChI is InChI=1S/C25H21N3/c26-25(27)19-7-5-6-18(16-19)17-12-14-20(15-13-17)28-23-10-3-1-8-21(23)22-9-2-4-11-24(22)28/h1-16,25H,26-27H2. The van der Waals surface area contributed by atoms with Gasteiger partial charge in [-0.05, 0) is 47.0 Å². The van der Waals surface area contributed by atoms with Crippen LogP contribution in [0, 0.1) is 0 Å². The Bertz CT molecular complexity index is 1230. The molecule has 0 saturated carbocycles. The molecule has 136 valence electrons. The molecule has 5 aromatic rings. The van der Waals surface area contributed by atoms with Crippen LogP contribution in [0.25, 0.3) is 38.6 Å². The van der Waals surface area contributed by atoms with Crippen LogP contribution in [-0.2, 0) is 0 Å². The number of hydrogen-bond donors (Lipinski definition) is 2. The number of aromatic nitrogens is 1. The first-order valence-corrected chi connectivity index (χ1v) is 9.42. The maximum Gasteiger partial charge on any atom is 0.0784 e. The zero-order chi connectivity index (χ0) is 19.1. The van der Waals surface area contributed by atoms with Crippen molar-refractivity contribution in [3.63, 3.8) is 0 Å². The third-order valence-electron chi connectivity index (χ3n) is 5.31. The Morgan fingerprint density at radius 2 is 1.18 bits per heavy atom. The SMILES string of the molecule is NC(N)c1cccc(-c2ccc(-n3c4ccccc4c4ccccc43)cc2)c1. The lowest BCUT2D eigenvalue weighted by Crippen LogP contribution is -2.19. The highest BCUT2D eigenvalue weighted by molar-refractivity contribution is 6.09. The molecule has 0 spiro atoms. The molecule has 3 nitrogen and oxygen atoms in total. The van der Waals surface area contributed by atoms with E-state index in [2.05, 4.69) is 89.5 Å². The van der Waals surface area contributed by atoms with Gasteiger partial charge in [-0.1, -0.05) is 66.7 Å². The second kappa shape index (κ2) is 6.64. The van der Waals surface area contributed by atoms with E-state index in [1.54, 1.807) is 0 Å². The Hall–Kier alpha value is -3.40. The van der Waals surface area contributed by atoms with E-state index in [0.717, 1.165) is 22.4 Å². The minimum atomic E-state index is -0.461. The lowest BCUT2D eigenvalue weighted by molar-refractivity contribution is 0.774. The van der Waals surface area contributed by atoms with Crippen molar-refractivity contribution in [1.82, 2.24) is 4.57 Å². The molecule has 0 unspecified atom stereocenters. The van der Waals surface area contributed by atoms with Gasteiger partial charge in [0.2, 0.25) is 0 Å². The van der Waals surface area contributed by atoms with E-state index in [9.17, 15) is 0 Å². The van der Waals surface area contributed by atoms with Crippen LogP contribution in [0.1, 0.15) is 11.7 Å². The zero-order valence-electron chi connectivity index (χ0n) is 15.4. The molecule has 0 fully saturated rings. The fourth-order valence-electron chi connectivity index (χ4n) is 3.93. The third kappa shape index (κ3) is 2.69. The van der Waals surface area contributed by atoms with Gasteiger partial charge in [0, 0.05) is 16.5 Å². The highest BCUT2D eigenvalue weighted by atomic mass is 15.0. The molecule has 0 aliphatic carbocycles. The minimum Gasteiger partial charge on any atom is -0.312 e. The molecule has 3 heteroatoms. The Morgan fingerprint density at radius 1 is 0.571 bits per heavy atom. The predicted octanol–water partition coefficient (Wildman–Crippen LogP) is 5.37. The monoisotopic (exact) mass is 363 g/mol. The summed E-state index contributed by atoms with van der Waals surface area (Å²) in [6, 6.07) is 33.8. The summed E-state index contributed by atoms with van der Waals surface area (Å²) >= 11 is 0. The van der Waals surface area contributed by atoms with Gasteiger partial charge in [0.15, 0.2) is 0 Å². The van der Waals surface area contributed by atoms with Crippen LogP contribution in [0.4, 0.5) is 0 Å². The summed E-state index contributed by atoms with van der Waals surface area (Å²) in [4.78, 5) is 0. The van der Waals surface area contributed by atoms with Gasteiger partial charge in [-0.15, -0.1) is 0 Å². The second-order valence-electron chi connectivity index (χ2n) is 7.07. The van der Waals surface area contributed by atoms with Gasteiger partial charge in [-0.25, -0.2) is 0 Å². The number of fused-ring (bicyclic) bond motifs is 3. The molecule has 0 aliphatic heterocycles. The first kappa shape index (κ1) is 16.8. The molecule has 1 heterocycles. The fraction of sp³-hybridized carbons (Fsp3) is 0.0400. The van der Waals surface area contributed by atoms with E-state index in [-0.39, 0.29) is 0 Å². The van der Waals surface area contributed by atoms with Crippen molar-refractivity contribution >= 4 is 21.8 Å². The summed E-state index contributed by atoms with van der Waals surface area (Å²) in [5, 5.41) is 2.54. The number of rotatable bonds is 3. The van der Waals surface area contributed by atoms with Gasteiger partial charge in [0.25, 0.3) is 0 Å². The van der Waals surface area contributed by atoms with Crippen LogP contribution in [0.15, 0.2) is 97.1 Å². The van der Waals surface area contributed by atoms with Crippen LogP contribution in [0.5, 0.6) is 0 Å². The number of benzene rings is 4. The first-order chi connectivity index (χ1) is 13.7. The van der Waals surface area contributed by atoms with Crippen LogP contribution >= 0.6 is 0 Å². The zero-order valence-corrected chi connectivity index (χ0v) is 15.4. The molecule has 0 atom stereocenters. The van der Waals surface area contributed by atoms with Gasteiger partial charge in [0.1, 0.15) is 0 Å². The van der Waals surface area contributed by atoms with Gasteiger partial charge in [-0.2, -0.15) is 0 Å². The largest absolute Gasteiger partial charge is 0.312 e. The fourth-order valence-corrected chi connectivity index (χ4v) is 3.93. The molecule has 0 aliphatic rings. The van der Waals surface area contributed by atoms with E-state index >= 15 is 0 Å². The average Bonchev–Trinajstić information content (AvgIpc) is 3.08. The molecular weight excluding hydrogens is 342 g/mol. The second-order valence-corrected chi connectivity index (χ2v) is 7.07. The number of nitrogens with two attached hydrogens (primary N) is 2. The van der Waals surface area contributed by atoms with Crippen LogP contribution < -0.4 is 11.5 Å². The normalized spacial score (nSPS) is 11.5. The van der Waals surface area contributed by atoms with Crippen LogP contribution in [0.3, 0.4) is 0 Å². The Labute approximate surface area is 163 Å². The quantitative estimate of drug-likeness (QED) is 0.424. The first-order valence-electron chi connectivity index (χ1n) is 9.42. The summed E-state index contributed by atoms with van der Waals surface area (Å²) < 4.78 is 2.32. The Morgan fingerprint density at radius 3 is 1.79 bits per heavy atom. The van der Waals surface area contributed by atoms with E-state index in [0.29, 0.717) is 0 Å². The van der Waals surface area contributed by atoms with Gasteiger partial charge < -0.3 is 16.0 Å². The van der Waals surface area contributed by atoms with E-state index in [1.165, 1.54) is 21.8 Å². The summed E-state index contributed by atoms with van der Waals surface area (Å²) in [5.41, 5.74) is 18.4. The van der Waals surface area contributed by atoms with Gasteiger partial charge in [-0.3, -0.25) is 0 Å². The number of para-hydroxylation sites is 2. The van der Waals surface area contributed by atoms with Crippen molar-refractivity contribution in [3.8, 4) is 16.8 Å². The molecule has 0 saturated heterocycles. The molecule has 0 bridgehead atoms. The van der Waals surface area contributed by atoms with Crippen molar-refractivity contribution in [1.29, 1.82) is 0 Å². The molecule has 5 rings (SSSR count). The highest BCUT2D eigenvalue weighted by Crippen LogP contribution is 2.32. The molecule has 0 radical (unpaired) electrons. The summed E-state index contributed by atoms with van der Waals surface area (Å²) in [5.74, 6) is 0. The van der Waals surface area contributed by atoms with Crippen LogP contribution in [0.2, 0.25) is 0 Å². The summed E-state index contributed by atoms with van der Waals surface area (Å²) in [6.07, 6.45) is -0.461. The van der Waals surface area contributed by atoms with Crippen LogP contribution in [-0.4, -0.2) is 4.57 Å². The van der Waals surface area contributed by atoms with Gasteiger partial charge in [0.05, 0.1) is 17.2 Å². The third-order valence-corrected chi connectivity index (χ3v) is 5.31. The molecule has 28 heavy (non-hydrogen) atoms. The van der Waals surface area contributed by atoms with E-state index in [4.69, 9.17) is 11.5 Å². The topological polar surface area (TPSA) is 57.0 Å². The molecule has 0 amide bonds. The Kier molecular flexibility index (Phi) is 3.97. The number of hydrogen-bond acceptors (Lipinski definition) is 2. The minimum absolute atomic E-state index is 0.461. The van der Waals surface area contributed by atoms with Crippen molar-refractivity contribution in [3.05, 3.63) is 103 Å². The predicted molar refractivity (Wildman–Crippen MR) is 117 cm³/mol.